The molecular formula is C19H18ClN5O. The van der Waals surface area contributed by atoms with Crippen LogP contribution in [-0.4, -0.2) is 39.1 Å². The normalized spacial score (nSPS) is 23.7. The van der Waals surface area contributed by atoms with E-state index in [0.717, 1.165) is 30.5 Å². The van der Waals surface area contributed by atoms with Gasteiger partial charge in [0.25, 0.3) is 5.91 Å². The predicted molar refractivity (Wildman–Crippen MR) is 97.3 cm³/mol. The smallest absolute Gasteiger partial charge is 0.253 e. The third kappa shape index (κ3) is 2.89. The summed E-state index contributed by atoms with van der Waals surface area (Å²) in [6, 6.07) is 9.39. The van der Waals surface area contributed by atoms with Crippen LogP contribution in [-0.2, 0) is 0 Å². The highest BCUT2D eigenvalue weighted by atomic mass is 35.5. The van der Waals surface area contributed by atoms with Crippen molar-refractivity contribution in [1.29, 1.82) is 5.26 Å². The molecule has 2 saturated heterocycles. The van der Waals surface area contributed by atoms with Crippen LogP contribution in [0.4, 0.5) is 0 Å². The van der Waals surface area contributed by atoms with E-state index in [1.807, 2.05) is 30.0 Å². The second-order valence-electron chi connectivity index (χ2n) is 6.88. The van der Waals surface area contributed by atoms with Crippen molar-refractivity contribution in [2.24, 2.45) is 0 Å². The summed E-state index contributed by atoms with van der Waals surface area (Å²) in [5.41, 5.74) is 2.80. The summed E-state index contributed by atoms with van der Waals surface area (Å²) in [6.45, 7) is 1.88. The van der Waals surface area contributed by atoms with Crippen LogP contribution in [0.1, 0.15) is 35.3 Å². The average molecular weight is 368 g/mol. The van der Waals surface area contributed by atoms with E-state index in [0.29, 0.717) is 16.3 Å². The topological polar surface area (TPSA) is 81.9 Å². The highest BCUT2D eigenvalue weighted by molar-refractivity contribution is 6.34. The van der Waals surface area contributed by atoms with Gasteiger partial charge in [-0.3, -0.25) is 4.79 Å². The molecule has 1 N–H and O–H groups in total. The molecule has 2 aliphatic rings. The van der Waals surface area contributed by atoms with Crippen LogP contribution in [0.2, 0.25) is 5.02 Å². The summed E-state index contributed by atoms with van der Waals surface area (Å²) in [5.74, 6) is -0.202. The van der Waals surface area contributed by atoms with Gasteiger partial charge < -0.3 is 10.2 Å². The van der Waals surface area contributed by atoms with Gasteiger partial charge in [0, 0.05) is 11.6 Å². The molecule has 2 fully saturated rings. The number of carbonyl (C=O) groups excluding carboxylic acids is 1. The first-order chi connectivity index (χ1) is 12.6. The maximum absolute atomic E-state index is 12.7. The van der Waals surface area contributed by atoms with Crippen LogP contribution in [0.25, 0.3) is 11.3 Å². The Labute approximate surface area is 156 Å². The number of hydrogen-bond acceptors (Lipinski definition) is 5. The summed E-state index contributed by atoms with van der Waals surface area (Å²) in [7, 11) is 0. The third-order valence-corrected chi connectivity index (χ3v) is 5.59. The number of hydrogen-bond donors (Lipinski definition) is 1. The zero-order valence-electron chi connectivity index (χ0n) is 14.3. The first kappa shape index (κ1) is 16.8. The van der Waals surface area contributed by atoms with Crippen molar-refractivity contribution in [2.45, 2.75) is 44.3 Å². The van der Waals surface area contributed by atoms with Crippen LogP contribution in [0.15, 0.2) is 30.3 Å². The van der Waals surface area contributed by atoms with Gasteiger partial charge in [0.15, 0.2) is 6.19 Å². The largest absolute Gasteiger partial charge is 0.347 e. The van der Waals surface area contributed by atoms with Crippen LogP contribution >= 0.6 is 11.6 Å². The molecule has 26 heavy (non-hydrogen) atoms. The van der Waals surface area contributed by atoms with Crippen molar-refractivity contribution in [1.82, 2.24) is 20.4 Å². The first-order valence-electron chi connectivity index (χ1n) is 8.66. The van der Waals surface area contributed by atoms with Gasteiger partial charge in [-0.15, -0.1) is 0 Å². The Hall–Kier alpha value is -2.65. The number of aromatic nitrogens is 2. The van der Waals surface area contributed by atoms with Crippen LogP contribution in [0.5, 0.6) is 0 Å². The maximum Gasteiger partial charge on any atom is 0.253 e. The van der Waals surface area contributed by atoms with Gasteiger partial charge in [-0.1, -0.05) is 17.7 Å². The number of carbonyl (C=O) groups is 1. The molecule has 1 aromatic heterocycles. The molecule has 0 aliphatic carbocycles. The number of amides is 1. The molecule has 1 amide bonds. The summed E-state index contributed by atoms with van der Waals surface area (Å²) < 4.78 is 0. The molecule has 0 radical (unpaired) electrons. The summed E-state index contributed by atoms with van der Waals surface area (Å²) in [6.07, 6.45) is 5.04. The fourth-order valence-electron chi connectivity index (χ4n) is 3.96. The highest BCUT2D eigenvalue weighted by Crippen LogP contribution is 2.37. The fraction of sp³-hybridized carbons (Fsp3) is 0.368. The maximum atomic E-state index is 12.7. The lowest BCUT2D eigenvalue weighted by Gasteiger charge is -2.22. The lowest BCUT2D eigenvalue weighted by atomic mass is 9.95. The van der Waals surface area contributed by atoms with E-state index in [2.05, 4.69) is 21.7 Å². The van der Waals surface area contributed by atoms with E-state index >= 15 is 0 Å². The van der Waals surface area contributed by atoms with Gasteiger partial charge >= 0.3 is 0 Å². The molecule has 4 rings (SSSR count). The minimum atomic E-state index is -0.202. The number of nitrogens with zero attached hydrogens (tertiary/aromatic N) is 4. The molecule has 0 saturated carbocycles. The van der Waals surface area contributed by atoms with Gasteiger partial charge in [0.05, 0.1) is 34.1 Å². The van der Waals surface area contributed by atoms with Crippen LogP contribution in [0.3, 0.4) is 0 Å². The Morgan fingerprint density at radius 1 is 1.31 bits per heavy atom. The van der Waals surface area contributed by atoms with E-state index in [-0.39, 0.29) is 24.0 Å². The molecule has 1 aromatic carbocycles. The number of aryl methyl sites for hydroxylation is 1. The lowest BCUT2D eigenvalue weighted by Crippen LogP contribution is -2.43. The molecule has 2 bridgehead atoms. The molecule has 3 atom stereocenters. The number of halogens is 1. The van der Waals surface area contributed by atoms with Gasteiger partial charge in [-0.05, 0) is 50.5 Å². The highest BCUT2D eigenvalue weighted by Gasteiger charge is 2.46. The van der Waals surface area contributed by atoms with Gasteiger partial charge in [0.1, 0.15) is 0 Å². The van der Waals surface area contributed by atoms with Gasteiger partial charge in [-0.2, -0.15) is 15.5 Å². The molecule has 2 aromatic rings. The Kier molecular flexibility index (Phi) is 4.25. The van der Waals surface area contributed by atoms with Crippen molar-refractivity contribution >= 4 is 17.5 Å². The monoisotopic (exact) mass is 367 g/mol. The predicted octanol–water partition coefficient (Wildman–Crippen LogP) is 2.92. The van der Waals surface area contributed by atoms with E-state index in [4.69, 9.17) is 11.6 Å². The minimum absolute atomic E-state index is 0.000363. The molecule has 0 spiro atoms. The van der Waals surface area contributed by atoms with Gasteiger partial charge in [-0.25, -0.2) is 0 Å². The van der Waals surface area contributed by atoms with E-state index < -0.39 is 0 Å². The zero-order chi connectivity index (χ0) is 18.3. The molecule has 2 aliphatic heterocycles. The first-order valence-corrected chi connectivity index (χ1v) is 9.04. The van der Waals surface area contributed by atoms with Crippen molar-refractivity contribution < 1.29 is 4.79 Å². The van der Waals surface area contributed by atoms with Crippen molar-refractivity contribution in [3.05, 3.63) is 46.6 Å². The molecule has 3 heterocycles. The van der Waals surface area contributed by atoms with E-state index in [1.54, 1.807) is 12.1 Å². The summed E-state index contributed by atoms with van der Waals surface area (Å²) in [4.78, 5) is 14.5. The number of benzene rings is 1. The fourth-order valence-corrected chi connectivity index (χ4v) is 4.22. The third-order valence-electron chi connectivity index (χ3n) is 5.28. The summed E-state index contributed by atoms with van der Waals surface area (Å²) >= 11 is 6.35. The van der Waals surface area contributed by atoms with E-state index in [1.165, 1.54) is 0 Å². The number of nitrogens with one attached hydrogen (secondary N) is 1. The second-order valence-corrected chi connectivity index (χ2v) is 7.28. The van der Waals surface area contributed by atoms with Crippen LogP contribution in [0, 0.1) is 18.4 Å². The number of fused-ring (bicyclic) bond motifs is 2. The Morgan fingerprint density at radius 3 is 2.81 bits per heavy atom. The average Bonchev–Trinajstić information content (AvgIpc) is 3.18. The standard InChI is InChI=1S/C19H18ClN5O/c1-11-2-6-16(24-23-11)12-3-5-14(15(20)8-12)19(26)22-17-9-13-4-7-18(17)25(13)10-21/h2-3,5-6,8,13,17-18H,4,7,9H2,1H3,(H,22,26)/t13-,17+,18+/m0/s1. The summed E-state index contributed by atoms with van der Waals surface area (Å²) in [5, 5.41) is 20.9. The van der Waals surface area contributed by atoms with E-state index in [9.17, 15) is 10.1 Å². The lowest BCUT2D eigenvalue weighted by molar-refractivity contribution is 0.0928. The Balaban J connectivity index is 1.50. The van der Waals surface area contributed by atoms with Crippen molar-refractivity contribution in [3.8, 4) is 17.5 Å². The van der Waals surface area contributed by atoms with Crippen molar-refractivity contribution in [2.75, 3.05) is 0 Å². The Morgan fingerprint density at radius 2 is 2.15 bits per heavy atom. The number of nitriles is 1. The molecular weight excluding hydrogens is 350 g/mol. The molecule has 0 unspecified atom stereocenters. The number of rotatable bonds is 3. The second kappa shape index (κ2) is 6.58. The van der Waals surface area contributed by atoms with Crippen molar-refractivity contribution in [3.63, 3.8) is 0 Å². The minimum Gasteiger partial charge on any atom is -0.347 e. The Bertz CT molecular complexity index is 892. The molecule has 132 valence electrons. The SMILES string of the molecule is Cc1ccc(-c2ccc(C(=O)N[C@@H]3C[C@@H]4CC[C@H]3N4C#N)c(Cl)c2)nn1. The zero-order valence-corrected chi connectivity index (χ0v) is 15.1. The van der Waals surface area contributed by atoms with Crippen LogP contribution < -0.4 is 5.32 Å². The molecule has 7 heteroatoms. The molecule has 6 nitrogen and oxygen atoms in total. The van der Waals surface area contributed by atoms with Gasteiger partial charge in [0.2, 0.25) is 0 Å². The quantitative estimate of drug-likeness (QED) is 0.843.